The van der Waals surface area contributed by atoms with Crippen LogP contribution in [0.2, 0.25) is 0 Å². The van der Waals surface area contributed by atoms with Crippen LogP contribution >= 0.6 is 0 Å². The lowest BCUT2D eigenvalue weighted by molar-refractivity contribution is -0.120. The van der Waals surface area contributed by atoms with Crippen LogP contribution in [0.3, 0.4) is 0 Å². The van der Waals surface area contributed by atoms with Crippen LogP contribution in [0.4, 0.5) is 11.4 Å². The van der Waals surface area contributed by atoms with Gasteiger partial charge in [0.05, 0.1) is 23.0 Å². The van der Waals surface area contributed by atoms with E-state index in [1.165, 1.54) is 0 Å². The average molecular weight is 313 g/mol. The predicted octanol–water partition coefficient (Wildman–Crippen LogP) is 2.54. The third kappa shape index (κ3) is 3.26. The van der Waals surface area contributed by atoms with Gasteiger partial charge in [0.1, 0.15) is 5.76 Å². The van der Waals surface area contributed by atoms with Crippen molar-refractivity contribution in [1.29, 1.82) is 0 Å². The summed E-state index contributed by atoms with van der Waals surface area (Å²) in [5, 5.41) is 6.70. The van der Waals surface area contributed by atoms with Crippen molar-refractivity contribution in [3.8, 4) is 0 Å². The van der Waals surface area contributed by atoms with Gasteiger partial charge in [-0.3, -0.25) is 9.59 Å². The fraction of sp³-hybridized carbons (Fsp3) is 0.353. The number of para-hydroxylation sites is 2. The number of anilines is 2. The van der Waals surface area contributed by atoms with E-state index in [1.54, 1.807) is 4.90 Å². The second-order valence-corrected chi connectivity index (χ2v) is 5.85. The second-order valence-electron chi connectivity index (χ2n) is 5.85. The van der Waals surface area contributed by atoms with E-state index in [2.05, 4.69) is 10.5 Å². The topological polar surface area (TPSA) is 75.4 Å². The van der Waals surface area contributed by atoms with Gasteiger partial charge in [0.2, 0.25) is 11.8 Å². The lowest BCUT2D eigenvalue weighted by atomic mass is 10.1. The minimum Gasteiger partial charge on any atom is -0.361 e. The number of rotatable bonds is 3. The molecular formula is C17H19N3O3. The van der Waals surface area contributed by atoms with E-state index >= 15 is 0 Å². The molecule has 1 aromatic carbocycles. The summed E-state index contributed by atoms with van der Waals surface area (Å²) in [5.41, 5.74) is 2.21. The van der Waals surface area contributed by atoms with Crippen molar-refractivity contribution in [3.05, 3.63) is 41.8 Å². The van der Waals surface area contributed by atoms with Crippen LogP contribution < -0.4 is 10.2 Å². The van der Waals surface area contributed by atoms with E-state index in [9.17, 15) is 9.59 Å². The first-order chi connectivity index (χ1) is 11.0. The molecule has 23 heavy (non-hydrogen) atoms. The summed E-state index contributed by atoms with van der Waals surface area (Å²) in [5.74, 6) is 0.327. The largest absolute Gasteiger partial charge is 0.361 e. The number of nitrogens with zero attached hydrogens (tertiary/aromatic N) is 2. The maximum atomic E-state index is 12.7. The Morgan fingerprint density at radius 1 is 1.43 bits per heavy atom. The maximum Gasteiger partial charge on any atom is 0.229 e. The molecule has 1 aliphatic heterocycles. The van der Waals surface area contributed by atoms with Crippen LogP contribution in [0, 0.1) is 12.8 Å². The zero-order valence-electron chi connectivity index (χ0n) is 13.2. The molecule has 0 saturated carbocycles. The summed E-state index contributed by atoms with van der Waals surface area (Å²) in [6, 6.07) is 9.20. The second kappa shape index (κ2) is 6.24. The Labute approximate surface area is 134 Å². The van der Waals surface area contributed by atoms with Crippen LogP contribution in [0.25, 0.3) is 0 Å². The molecule has 0 bridgehead atoms. The number of carbonyl (C=O) groups is 2. The van der Waals surface area contributed by atoms with Gasteiger partial charge in [0, 0.05) is 25.5 Å². The highest BCUT2D eigenvalue weighted by atomic mass is 16.5. The molecule has 2 heterocycles. The molecule has 1 N–H and O–H groups in total. The maximum absolute atomic E-state index is 12.7. The van der Waals surface area contributed by atoms with Crippen molar-refractivity contribution in [1.82, 2.24) is 5.16 Å². The Kier molecular flexibility index (Phi) is 4.14. The molecule has 2 amide bonds. The third-order valence-electron chi connectivity index (χ3n) is 3.92. The average Bonchev–Trinajstić information content (AvgIpc) is 2.90. The van der Waals surface area contributed by atoms with E-state index < -0.39 is 0 Å². The highest BCUT2D eigenvalue weighted by Crippen LogP contribution is 2.30. The molecule has 0 spiro atoms. The molecular weight excluding hydrogens is 294 g/mol. The van der Waals surface area contributed by atoms with Gasteiger partial charge in [-0.15, -0.1) is 0 Å². The Balaban J connectivity index is 1.79. The number of amides is 2. The van der Waals surface area contributed by atoms with Crippen molar-refractivity contribution < 1.29 is 14.1 Å². The van der Waals surface area contributed by atoms with E-state index in [0.29, 0.717) is 30.8 Å². The Hall–Kier alpha value is -2.63. The normalized spacial score (nSPS) is 17.4. The van der Waals surface area contributed by atoms with Crippen LogP contribution in [-0.2, 0) is 16.0 Å². The fourth-order valence-electron chi connectivity index (χ4n) is 2.66. The Bertz CT molecular complexity index is 738. The summed E-state index contributed by atoms with van der Waals surface area (Å²) in [6.45, 7) is 4.04. The first-order valence-electron chi connectivity index (χ1n) is 7.67. The predicted molar refractivity (Wildman–Crippen MR) is 86.1 cm³/mol. The SMILES string of the molecule is Cc1cc(CCC(=O)N2CC(C)C(=O)Nc3ccccc32)on1. The lowest BCUT2D eigenvalue weighted by Gasteiger charge is -2.23. The highest BCUT2D eigenvalue weighted by Gasteiger charge is 2.28. The smallest absolute Gasteiger partial charge is 0.229 e. The van der Waals surface area contributed by atoms with Crippen molar-refractivity contribution in [2.75, 3.05) is 16.8 Å². The molecule has 120 valence electrons. The van der Waals surface area contributed by atoms with Crippen molar-refractivity contribution in [2.45, 2.75) is 26.7 Å². The van der Waals surface area contributed by atoms with Gasteiger partial charge >= 0.3 is 0 Å². The summed E-state index contributed by atoms with van der Waals surface area (Å²) in [7, 11) is 0. The van der Waals surface area contributed by atoms with Crippen LogP contribution in [0.5, 0.6) is 0 Å². The standard InChI is InChI=1S/C17H19N3O3/c1-11-10-20(15-6-4-3-5-14(15)18-17(11)22)16(21)8-7-13-9-12(2)19-23-13/h3-6,9,11H,7-8,10H2,1-2H3,(H,18,22). The lowest BCUT2D eigenvalue weighted by Crippen LogP contribution is -2.36. The molecule has 2 aromatic rings. The number of benzene rings is 1. The van der Waals surface area contributed by atoms with Gasteiger partial charge in [-0.1, -0.05) is 24.2 Å². The first-order valence-corrected chi connectivity index (χ1v) is 7.67. The van der Waals surface area contributed by atoms with Crippen molar-refractivity contribution in [2.24, 2.45) is 5.92 Å². The van der Waals surface area contributed by atoms with E-state index in [-0.39, 0.29) is 17.7 Å². The number of fused-ring (bicyclic) bond motifs is 1. The van der Waals surface area contributed by atoms with Gasteiger partial charge in [-0.05, 0) is 19.1 Å². The molecule has 6 nitrogen and oxygen atoms in total. The van der Waals surface area contributed by atoms with Gasteiger partial charge in [-0.2, -0.15) is 0 Å². The minimum atomic E-state index is -0.265. The molecule has 1 unspecified atom stereocenters. The minimum absolute atomic E-state index is 0.0325. The number of nitrogens with one attached hydrogen (secondary N) is 1. The third-order valence-corrected chi connectivity index (χ3v) is 3.92. The molecule has 1 atom stereocenters. The van der Waals surface area contributed by atoms with Gasteiger partial charge in [0.15, 0.2) is 0 Å². The Morgan fingerprint density at radius 2 is 2.22 bits per heavy atom. The number of hydrogen-bond donors (Lipinski definition) is 1. The monoisotopic (exact) mass is 313 g/mol. The molecule has 3 rings (SSSR count). The van der Waals surface area contributed by atoms with Gasteiger partial charge < -0.3 is 14.7 Å². The van der Waals surface area contributed by atoms with Crippen LogP contribution in [0.1, 0.15) is 24.8 Å². The molecule has 6 heteroatoms. The van der Waals surface area contributed by atoms with Crippen molar-refractivity contribution in [3.63, 3.8) is 0 Å². The van der Waals surface area contributed by atoms with Crippen LogP contribution in [0.15, 0.2) is 34.9 Å². The molecule has 1 aliphatic rings. The molecule has 0 saturated heterocycles. The quantitative estimate of drug-likeness (QED) is 0.945. The molecule has 0 fully saturated rings. The van der Waals surface area contributed by atoms with Crippen molar-refractivity contribution >= 4 is 23.2 Å². The number of carbonyl (C=O) groups excluding carboxylic acids is 2. The number of aromatic nitrogens is 1. The highest BCUT2D eigenvalue weighted by molar-refractivity contribution is 6.04. The summed E-state index contributed by atoms with van der Waals surface area (Å²) < 4.78 is 5.15. The number of hydrogen-bond acceptors (Lipinski definition) is 4. The summed E-state index contributed by atoms with van der Waals surface area (Å²) in [6.07, 6.45) is 0.804. The van der Waals surface area contributed by atoms with E-state index in [1.807, 2.05) is 44.2 Å². The zero-order valence-corrected chi connectivity index (χ0v) is 13.2. The molecule has 1 aromatic heterocycles. The molecule has 0 aliphatic carbocycles. The Morgan fingerprint density at radius 3 is 2.96 bits per heavy atom. The first kappa shape index (κ1) is 15.3. The van der Waals surface area contributed by atoms with E-state index in [0.717, 1.165) is 11.4 Å². The summed E-state index contributed by atoms with van der Waals surface area (Å²) >= 11 is 0. The zero-order chi connectivity index (χ0) is 16.4. The van der Waals surface area contributed by atoms with Crippen LogP contribution in [-0.4, -0.2) is 23.5 Å². The van der Waals surface area contributed by atoms with Gasteiger partial charge in [-0.25, -0.2) is 0 Å². The van der Waals surface area contributed by atoms with E-state index in [4.69, 9.17) is 4.52 Å². The van der Waals surface area contributed by atoms with Gasteiger partial charge in [0.25, 0.3) is 0 Å². The number of aryl methyl sites for hydroxylation is 2. The molecule has 0 radical (unpaired) electrons. The summed E-state index contributed by atoms with van der Waals surface area (Å²) in [4.78, 5) is 26.4. The fourth-order valence-corrected chi connectivity index (χ4v) is 2.66.